The first-order chi connectivity index (χ1) is 11.1. The van der Waals surface area contributed by atoms with E-state index in [1.165, 1.54) is 0 Å². The molecule has 0 unspecified atom stereocenters. The van der Waals surface area contributed by atoms with E-state index in [9.17, 15) is 0 Å². The smallest absolute Gasteiger partial charge is 0.164 e. The number of rotatable bonds is 3. The molecule has 0 radical (unpaired) electrons. The zero-order valence-corrected chi connectivity index (χ0v) is 14.9. The molecule has 0 amide bonds. The Bertz CT molecular complexity index is 700. The maximum atomic E-state index is 5.97. The molecule has 3 rings (SSSR count). The molecular formula is C17H16Cl2N2OS. The molecule has 0 aliphatic carbocycles. The van der Waals surface area contributed by atoms with Gasteiger partial charge in [-0.3, -0.25) is 0 Å². The number of nitrogens with zero attached hydrogens (tertiary/aromatic N) is 2. The van der Waals surface area contributed by atoms with Crippen molar-refractivity contribution in [1.82, 2.24) is 4.90 Å². The van der Waals surface area contributed by atoms with E-state index in [0.717, 1.165) is 29.7 Å². The van der Waals surface area contributed by atoms with Crippen LogP contribution in [-0.2, 0) is 0 Å². The van der Waals surface area contributed by atoms with Crippen molar-refractivity contribution in [2.24, 2.45) is 4.99 Å². The van der Waals surface area contributed by atoms with Gasteiger partial charge in [0.1, 0.15) is 11.9 Å². The molecule has 1 heterocycles. The van der Waals surface area contributed by atoms with Crippen molar-refractivity contribution in [1.29, 1.82) is 0 Å². The van der Waals surface area contributed by atoms with E-state index in [-0.39, 0.29) is 6.10 Å². The van der Waals surface area contributed by atoms with E-state index < -0.39 is 0 Å². The van der Waals surface area contributed by atoms with Crippen LogP contribution in [0, 0.1) is 0 Å². The van der Waals surface area contributed by atoms with Crippen LogP contribution in [0.4, 0.5) is 5.69 Å². The summed E-state index contributed by atoms with van der Waals surface area (Å²) in [5, 5.41) is 2.39. The molecule has 6 heteroatoms. The number of thioether (sulfide) groups is 1. The molecule has 0 bridgehead atoms. The standard InChI is InChI=1S/C17H16Cl2N2OS/c1-23-17(20-14-7-5-12(18)6-8-14)21-10-16(11-21)22-15-4-2-3-13(19)9-15/h2-9,16H,10-11H2,1H3/b20-17-. The summed E-state index contributed by atoms with van der Waals surface area (Å²) in [6.07, 6.45) is 2.19. The number of amidine groups is 1. The van der Waals surface area contributed by atoms with Gasteiger partial charge in [0.05, 0.1) is 18.8 Å². The average molecular weight is 367 g/mol. The topological polar surface area (TPSA) is 24.8 Å². The Morgan fingerprint density at radius 3 is 2.52 bits per heavy atom. The van der Waals surface area contributed by atoms with Crippen molar-refractivity contribution in [2.75, 3.05) is 19.3 Å². The van der Waals surface area contributed by atoms with E-state index in [0.29, 0.717) is 10.0 Å². The number of likely N-dealkylation sites (tertiary alicyclic amines) is 1. The molecule has 0 saturated carbocycles. The van der Waals surface area contributed by atoms with Gasteiger partial charge in [0, 0.05) is 10.0 Å². The van der Waals surface area contributed by atoms with Crippen LogP contribution in [0.15, 0.2) is 53.5 Å². The zero-order chi connectivity index (χ0) is 16.2. The molecule has 2 aromatic rings. The van der Waals surface area contributed by atoms with Crippen molar-refractivity contribution in [3.63, 3.8) is 0 Å². The molecule has 1 aliphatic rings. The van der Waals surface area contributed by atoms with Gasteiger partial charge in [0.15, 0.2) is 5.17 Å². The zero-order valence-electron chi connectivity index (χ0n) is 12.6. The van der Waals surface area contributed by atoms with Gasteiger partial charge >= 0.3 is 0 Å². The van der Waals surface area contributed by atoms with Crippen LogP contribution in [-0.4, -0.2) is 35.5 Å². The summed E-state index contributed by atoms with van der Waals surface area (Å²) in [7, 11) is 0. The molecule has 2 aromatic carbocycles. The Kier molecular flexibility index (Phi) is 5.36. The Morgan fingerprint density at radius 1 is 1.13 bits per heavy atom. The van der Waals surface area contributed by atoms with Crippen LogP contribution in [0.5, 0.6) is 5.75 Å². The molecule has 0 atom stereocenters. The summed E-state index contributed by atoms with van der Waals surface area (Å²) in [4.78, 5) is 6.87. The van der Waals surface area contributed by atoms with Crippen molar-refractivity contribution in [2.45, 2.75) is 6.10 Å². The fourth-order valence-electron chi connectivity index (χ4n) is 2.27. The van der Waals surface area contributed by atoms with Gasteiger partial charge in [-0.1, -0.05) is 41.0 Å². The van der Waals surface area contributed by atoms with E-state index >= 15 is 0 Å². The quantitative estimate of drug-likeness (QED) is 0.557. The summed E-state index contributed by atoms with van der Waals surface area (Å²) >= 11 is 13.5. The highest BCUT2D eigenvalue weighted by Crippen LogP contribution is 2.25. The fraction of sp³-hybridized carbons (Fsp3) is 0.235. The molecule has 3 nitrogen and oxygen atoms in total. The van der Waals surface area contributed by atoms with Gasteiger partial charge in [-0.25, -0.2) is 4.99 Å². The van der Waals surface area contributed by atoms with Crippen LogP contribution in [0.1, 0.15) is 0 Å². The molecule has 1 saturated heterocycles. The van der Waals surface area contributed by atoms with E-state index in [2.05, 4.69) is 9.89 Å². The third kappa shape index (κ3) is 4.34. The molecule has 0 spiro atoms. The van der Waals surface area contributed by atoms with E-state index in [1.807, 2.05) is 54.8 Å². The first kappa shape index (κ1) is 16.5. The van der Waals surface area contributed by atoms with Crippen LogP contribution >= 0.6 is 35.0 Å². The molecule has 0 N–H and O–H groups in total. The predicted octanol–water partition coefficient (Wildman–Crippen LogP) is 5.11. The first-order valence-electron chi connectivity index (χ1n) is 7.19. The number of benzene rings is 2. The lowest BCUT2D eigenvalue weighted by atomic mass is 10.2. The lowest BCUT2D eigenvalue weighted by Gasteiger charge is -2.40. The molecule has 1 fully saturated rings. The number of hydrogen-bond donors (Lipinski definition) is 0. The highest BCUT2D eigenvalue weighted by atomic mass is 35.5. The monoisotopic (exact) mass is 366 g/mol. The van der Waals surface area contributed by atoms with Gasteiger partial charge in [0.25, 0.3) is 0 Å². The molecule has 0 aromatic heterocycles. The summed E-state index contributed by atoms with van der Waals surface area (Å²) in [5.41, 5.74) is 0.901. The molecule has 120 valence electrons. The summed E-state index contributed by atoms with van der Waals surface area (Å²) in [6.45, 7) is 1.64. The molecular weight excluding hydrogens is 351 g/mol. The van der Waals surface area contributed by atoms with Crippen molar-refractivity contribution >= 4 is 45.8 Å². The highest BCUT2D eigenvalue weighted by Gasteiger charge is 2.30. The van der Waals surface area contributed by atoms with Gasteiger partial charge in [-0.2, -0.15) is 0 Å². The van der Waals surface area contributed by atoms with Gasteiger partial charge in [-0.05, 0) is 48.7 Å². The number of ether oxygens (including phenoxy) is 1. The summed E-state index contributed by atoms with van der Waals surface area (Å²) in [6, 6.07) is 15.0. The van der Waals surface area contributed by atoms with Crippen molar-refractivity contribution < 1.29 is 4.74 Å². The van der Waals surface area contributed by atoms with Crippen LogP contribution in [0.3, 0.4) is 0 Å². The highest BCUT2D eigenvalue weighted by molar-refractivity contribution is 8.13. The number of hydrogen-bond acceptors (Lipinski definition) is 3. The largest absolute Gasteiger partial charge is 0.487 e. The van der Waals surface area contributed by atoms with Gasteiger partial charge in [-0.15, -0.1) is 0 Å². The normalized spacial score (nSPS) is 15.4. The van der Waals surface area contributed by atoms with Crippen LogP contribution in [0.2, 0.25) is 10.0 Å². The first-order valence-corrected chi connectivity index (χ1v) is 9.17. The fourth-order valence-corrected chi connectivity index (χ4v) is 3.18. The predicted molar refractivity (Wildman–Crippen MR) is 99.5 cm³/mol. The SMILES string of the molecule is CS/C(=N\c1ccc(Cl)cc1)N1CC(Oc2cccc(Cl)c2)C1. The molecule has 23 heavy (non-hydrogen) atoms. The second kappa shape index (κ2) is 7.47. The minimum Gasteiger partial charge on any atom is -0.487 e. The van der Waals surface area contributed by atoms with Crippen molar-refractivity contribution in [3.8, 4) is 5.75 Å². The maximum Gasteiger partial charge on any atom is 0.164 e. The van der Waals surface area contributed by atoms with E-state index in [4.69, 9.17) is 27.9 Å². The second-order valence-corrected chi connectivity index (χ2v) is 6.82. The Morgan fingerprint density at radius 2 is 1.87 bits per heavy atom. The summed E-state index contributed by atoms with van der Waals surface area (Å²) in [5.74, 6) is 0.808. The minimum atomic E-state index is 0.163. The Labute approximate surface area is 150 Å². The van der Waals surface area contributed by atoms with Crippen LogP contribution < -0.4 is 4.74 Å². The third-order valence-corrected chi connectivity index (χ3v) is 4.65. The Hall–Kier alpha value is -1.36. The third-order valence-electron chi connectivity index (χ3n) is 3.45. The van der Waals surface area contributed by atoms with Crippen LogP contribution in [0.25, 0.3) is 0 Å². The van der Waals surface area contributed by atoms with Crippen molar-refractivity contribution in [3.05, 3.63) is 58.6 Å². The van der Waals surface area contributed by atoms with Gasteiger partial charge < -0.3 is 9.64 Å². The Balaban J connectivity index is 1.59. The van der Waals surface area contributed by atoms with Gasteiger partial charge in [0.2, 0.25) is 0 Å². The lowest BCUT2D eigenvalue weighted by molar-refractivity contribution is 0.0700. The average Bonchev–Trinajstić information content (AvgIpc) is 2.51. The number of halogens is 2. The molecule has 1 aliphatic heterocycles. The maximum absolute atomic E-state index is 5.97. The lowest BCUT2D eigenvalue weighted by Crippen LogP contribution is -2.55. The second-order valence-electron chi connectivity index (χ2n) is 5.18. The van der Waals surface area contributed by atoms with E-state index in [1.54, 1.807) is 11.8 Å². The number of aliphatic imine (C=N–C) groups is 1. The summed E-state index contributed by atoms with van der Waals surface area (Å²) < 4.78 is 5.91. The minimum absolute atomic E-state index is 0.163.